The zero-order chi connectivity index (χ0) is 10.8. The van der Waals surface area contributed by atoms with Gasteiger partial charge in [-0.2, -0.15) is 0 Å². The molecule has 2 heterocycles. The Morgan fingerprint density at radius 2 is 2.33 bits per heavy atom. The van der Waals surface area contributed by atoms with Crippen LogP contribution in [0.4, 0.5) is 5.69 Å². The number of nitrogens with zero attached hydrogens (tertiary/aromatic N) is 3. The van der Waals surface area contributed by atoms with Gasteiger partial charge in [-0.15, -0.1) is 0 Å². The van der Waals surface area contributed by atoms with E-state index in [0.29, 0.717) is 11.9 Å². The van der Waals surface area contributed by atoms with Gasteiger partial charge in [0.25, 0.3) is 0 Å². The molecule has 0 radical (unpaired) electrons. The summed E-state index contributed by atoms with van der Waals surface area (Å²) in [4.78, 5) is 10.2. The average Bonchev–Trinajstić information content (AvgIpc) is 2.67. The maximum absolute atomic E-state index is 5.61. The minimum Gasteiger partial charge on any atom is -0.470 e. The Hall–Kier alpha value is -1.98. The first kappa shape index (κ1) is 9.57. The van der Waals surface area contributed by atoms with Crippen LogP contribution in [-0.4, -0.2) is 25.1 Å². The third-order valence-corrected chi connectivity index (χ3v) is 2.09. The molecule has 0 saturated carbocycles. The van der Waals surface area contributed by atoms with Crippen LogP contribution in [-0.2, 0) is 0 Å². The van der Waals surface area contributed by atoms with E-state index in [9.17, 15) is 0 Å². The highest BCUT2D eigenvalue weighted by Crippen LogP contribution is 2.13. The monoisotopic (exact) mass is 207 g/mol. The Bertz CT molecular complexity index is 395. The van der Waals surface area contributed by atoms with Crippen molar-refractivity contribution in [1.29, 1.82) is 0 Å². The number of rotatable bonds is 1. The molecule has 1 aromatic heterocycles. The summed E-state index contributed by atoms with van der Waals surface area (Å²) in [5.41, 5.74) is 6.52. The van der Waals surface area contributed by atoms with Crippen molar-refractivity contribution in [1.82, 2.24) is 5.32 Å². The van der Waals surface area contributed by atoms with Gasteiger partial charge in [-0.05, 0) is 6.92 Å². The third kappa shape index (κ3) is 1.93. The van der Waals surface area contributed by atoms with Crippen LogP contribution in [0.3, 0.4) is 0 Å². The summed E-state index contributed by atoms with van der Waals surface area (Å²) < 4.78 is 4.99. The van der Waals surface area contributed by atoms with Gasteiger partial charge in [0.2, 0.25) is 5.96 Å². The van der Waals surface area contributed by atoms with Crippen LogP contribution >= 0.6 is 0 Å². The highest BCUT2D eigenvalue weighted by Gasteiger charge is 2.16. The largest absolute Gasteiger partial charge is 0.470 e. The highest BCUT2D eigenvalue weighted by molar-refractivity contribution is 6.06. The van der Waals surface area contributed by atoms with Crippen LogP contribution in [0, 0.1) is 0 Å². The van der Waals surface area contributed by atoms with Crippen LogP contribution in [0.25, 0.3) is 0 Å². The molecule has 0 amide bonds. The Labute approximate surface area is 87.5 Å². The molecule has 1 aliphatic heterocycles. The van der Waals surface area contributed by atoms with Crippen LogP contribution < -0.4 is 16.0 Å². The number of hydrogen-bond donors (Lipinski definition) is 2. The van der Waals surface area contributed by atoms with Gasteiger partial charge in [0.15, 0.2) is 5.96 Å². The van der Waals surface area contributed by atoms with E-state index in [0.717, 1.165) is 5.69 Å². The van der Waals surface area contributed by atoms with E-state index in [1.165, 1.54) is 0 Å². The summed E-state index contributed by atoms with van der Waals surface area (Å²) in [7, 11) is 1.88. The topological polar surface area (TPSA) is 79.1 Å². The van der Waals surface area contributed by atoms with Crippen molar-refractivity contribution in [3.05, 3.63) is 18.6 Å². The van der Waals surface area contributed by atoms with E-state index in [2.05, 4.69) is 15.3 Å². The number of guanidine groups is 2. The molecule has 1 aliphatic rings. The standard InChI is InChI=1S/C9H13N5O/c1-6-11-8(10)13-9(12-6)14(2)7-3-4-15-5-7/h3-6H,1-2H3,(H3,10,11,12,13). The molecule has 80 valence electrons. The maximum atomic E-state index is 5.61. The summed E-state index contributed by atoms with van der Waals surface area (Å²) in [6.07, 6.45) is 3.09. The van der Waals surface area contributed by atoms with E-state index in [4.69, 9.17) is 10.2 Å². The van der Waals surface area contributed by atoms with E-state index in [-0.39, 0.29) is 6.17 Å². The van der Waals surface area contributed by atoms with Gasteiger partial charge < -0.3 is 15.1 Å². The molecule has 0 aromatic carbocycles. The lowest BCUT2D eigenvalue weighted by molar-refractivity contribution is 0.567. The molecule has 1 aromatic rings. The zero-order valence-electron chi connectivity index (χ0n) is 8.64. The van der Waals surface area contributed by atoms with Crippen LogP contribution in [0.15, 0.2) is 33.0 Å². The molecular formula is C9H13N5O. The van der Waals surface area contributed by atoms with Crippen molar-refractivity contribution in [3.63, 3.8) is 0 Å². The Balaban J connectivity index is 2.18. The van der Waals surface area contributed by atoms with Gasteiger partial charge >= 0.3 is 0 Å². The highest BCUT2D eigenvalue weighted by atomic mass is 16.3. The van der Waals surface area contributed by atoms with Crippen LogP contribution in [0.2, 0.25) is 0 Å². The fourth-order valence-electron chi connectivity index (χ4n) is 1.33. The first-order valence-electron chi connectivity index (χ1n) is 4.61. The SMILES string of the molecule is CC1N=C(N)NC(N(C)c2ccoc2)=N1. The zero-order valence-corrected chi connectivity index (χ0v) is 8.64. The minimum absolute atomic E-state index is 0.157. The van der Waals surface area contributed by atoms with Crippen molar-refractivity contribution < 1.29 is 4.42 Å². The van der Waals surface area contributed by atoms with Crippen molar-refractivity contribution in [2.75, 3.05) is 11.9 Å². The molecule has 15 heavy (non-hydrogen) atoms. The number of nitrogens with two attached hydrogens (primary N) is 1. The second-order valence-electron chi connectivity index (χ2n) is 3.26. The number of anilines is 1. The normalized spacial score (nSPS) is 20.3. The van der Waals surface area contributed by atoms with E-state index in [1.807, 2.05) is 24.9 Å². The van der Waals surface area contributed by atoms with Crippen LogP contribution in [0.5, 0.6) is 0 Å². The van der Waals surface area contributed by atoms with Crippen molar-refractivity contribution in [3.8, 4) is 0 Å². The fourth-order valence-corrected chi connectivity index (χ4v) is 1.33. The summed E-state index contributed by atoms with van der Waals surface area (Å²) in [6.45, 7) is 1.87. The van der Waals surface area contributed by atoms with Crippen molar-refractivity contribution in [2.24, 2.45) is 15.7 Å². The number of nitrogens with one attached hydrogen (secondary N) is 1. The molecule has 1 unspecified atom stereocenters. The van der Waals surface area contributed by atoms with E-state index in [1.54, 1.807) is 12.5 Å². The summed E-state index contributed by atoms with van der Waals surface area (Å²) in [6, 6.07) is 1.84. The lowest BCUT2D eigenvalue weighted by Crippen LogP contribution is -2.48. The summed E-state index contributed by atoms with van der Waals surface area (Å²) in [5, 5.41) is 2.90. The van der Waals surface area contributed by atoms with Crippen LogP contribution in [0.1, 0.15) is 6.92 Å². The van der Waals surface area contributed by atoms with Crippen molar-refractivity contribution >= 4 is 17.6 Å². The smallest absolute Gasteiger partial charge is 0.207 e. The first-order valence-corrected chi connectivity index (χ1v) is 4.61. The number of furan rings is 1. The predicted octanol–water partition coefficient (Wildman–Crippen LogP) is 0.336. The molecule has 3 N–H and O–H groups in total. The lowest BCUT2D eigenvalue weighted by Gasteiger charge is -2.24. The molecule has 6 nitrogen and oxygen atoms in total. The number of aliphatic imine (C=N–C) groups is 2. The Morgan fingerprint density at radius 3 is 2.93 bits per heavy atom. The molecule has 0 saturated heterocycles. The second kappa shape index (κ2) is 3.64. The van der Waals surface area contributed by atoms with Gasteiger partial charge in [0, 0.05) is 13.1 Å². The van der Waals surface area contributed by atoms with Gasteiger partial charge in [-0.3, -0.25) is 5.32 Å². The summed E-state index contributed by atoms with van der Waals surface area (Å²) >= 11 is 0. The molecule has 0 fully saturated rings. The van der Waals surface area contributed by atoms with E-state index < -0.39 is 0 Å². The van der Waals surface area contributed by atoms with E-state index >= 15 is 0 Å². The first-order chi connectivity index (χ1) is 7.16. The fraction of sp³-hybridized carbons (Fsp3) is 0.333. The molecule has 1 atom stereocenters. The quantitative estimate of drug-likeness (QED) is 0.695. The maximum Gasteiger partial charge on any atom is 0.207 e. The Kier molecular flexibility index (Phi) is 2.32. The molecule has 2 rings (SSSR count). The molecule has 0 bridgehead atoms. The minimum atomic E-state index is -0.157. The third-order valence-electron chi connectivity index (χ3n) is 2.09. The lowest BCUT2D eigenvalue weighted by atomic mass is 10.4. The molecular weight excluding hydrogens is 194 g/mol. The molecule has 6 heteroatoms. The second-order valence-corrected chi connectivity index (χ2v) is 3.26. The molecule has 0 aliphatic carbocycles. The van der Waals surface area contributed by atoms with Gasteiger partial charge in [-0.1, -0.05) is 0 Å². The molecule has 0 spiro atoms. The van der Waals surface area contributed by atoms with Gasteiger partial charge in [0.1, 0.15) is 12.4 Å². The van der Waals surface area contributed by atoms with Crippen molar-refractivity contribution in [2.45, 2.75) is 13.1 Å². The average molecular weight is 207 g/mol. The number of hydrogen-bond acceptors (Lipinski definition) is 6. The van der Waals surface area contributed by atoms with Gasteiger partial charge in [-0.25, -0.2) is 9.98 Å². The predicted molar refractivity (Wildman–Crippen MR) is 58.8 cm³/mol. The summed E-state index contributed by atoms with van der Waals surface area (Å²) in [5.74, 6) is 1.04. The van der Waals surface area contributed by atoms with Gasteiger partial charge in [0.05, 0.1) is 12.0 Å². The Morgan fingerprint density at radius 1 is 1.53 bits per heavy atom.